The van der Waals surface area contributed by atoms with Gasteiger partial charge in [0.1, 0.15) is 0 Å². The summed E-state index contributed by atoms with van der Waals surface area (Å²) in [5.41, 5.74) is 2.68. The van der Waals surface area contributed by atoms with Gasteiger partial charge in [-0.3, -0.25) is 0 Å². The quantitative estimate of drug-likeness (QED) is 0.659. The molecule has 1 fully saturated rings. The van der Waals surface area contributed by atoms with Gasteiger partial charge in [0.25, 0.3) is 0 Å². The van der Waals surface area contributed by atoms with Crippen LogP contribution < -0.4 is 0 Å². The van der Waals surface area contributed by atoms with Crippen molar-refractivity contribution in [3.05, 3.63) is 78.4 Å². The zero-order chi connectivity index (χ0) is 14.0. The molecule has 0 spiro atoms. The summed E-state index contributed by atoms with van der Waals surface area (Å²) in [5, 5.41) is 0. The normalized spacial score (nSPS) is 13.8. The van der Waals surface area contributed by atoms with Crippen molar-refractivity contribution in [1.29, 1.82) is 0 Å². The molecule has 0 atom stereocenters. The van der Waals surface area contributed by atoms with E-state index in [4.69, 9.17) is 0 Å². The van der Waals surface area contributed by atoms with Gasteiger partial charge in [0.05, 0.1) is 0 Å². The van der Waals surface area contributed by atoms with Crippen LogP contribution in [0.2, 0.25) is 0 Å². The van der Waals surface area contributed by atoms with Crippen LogP contribution in [-0.4, -0.2) is 0 Å². The molecular formula is C20H24. The van der Waals surface area contributed by atoms with E-state index < -0.39 is 0 Å². The van der Waals surface area contributed by atoms with Gasteiger partial charge in [-0.1, -0.05) is 92.6 Å². The summed E-state index contributed by atoms with van der Waals surface area (Å²) in [4.78, 5) is 0. The second kappa shape index (κ2) is 8.37. The van der Waals surface area contributed by atoms with Crippen LogP contribution in [0.15, 0.2) is 67.2 Å². The molecule has 20 heavy (non-hydrogen) atoms. The van der Waals surface area contributed by atoms with Crippen LogP contribution >= 0.6 is 0 Å². The fraction of sp³-hybridized carbons (Fsp3) is 0.300. The highest BCUT2D eigenvalue weighted by Gasteiger charge is 2.16. The van der Waals surface area contributed by atoms with E-state index in [1.165, 1.54) is 43.2 Å². The Morgan fingerprint density at radius 3 is 1.95 bits per heavy atom. The first-order chi connectivity index (χ1) is 9.88. The van der Waals surface area contributed by atoms with Crippen molar-refractivity contribution < 1.29 is 0 Å². The number of aryl methyl sites for hydroxylation is 1. The largest absolute Gasteiger partial charge is 0.0985 e. The maximum Gasteiger partial charge on any atom is -0.0263 e. The molecule has 0 nitrogen and oxygen atoms in total. The Labute approximate surface area is 123 Å². The number of benzene rings is 2. The molecule has 0 N–H and O–H groups in total. The predicted octanol–water partition coefficient (Wildman–Crippen LogP) is 5.75. The van der Waals surface area contributed by atoms with Crippen molar-refractivity contribution >= 4 is 6.08 Å². The lowest BCUT2D eigenvalue weighted by molar-refractivity contribution is 0.296. The van der Waals surface area contributed by atoms with E-state index in [2.05, 4.69) is 36.9 Å². The average Bonchev–Trinajstić information content (AvgIpc) is 2.48. The average molecular weight is 264 g/mol. The molecule has 0 unspecified atom stereocenters. The first-order valence-electron chi connectivity index (χ1n) is 7.60. The van der Waals surface area contributed by atoms with Crippen LogP contribution in [0.3, 0.4) is 0 Å². The van der Waals surface area contributed by atoms with Crippen LogP contribution in [0, 0.1) is 5.92 Å². The molecule has 0 aromatic heterocycles. The topological polar surface area (TPSA) is 0 Å². The van der Waals surface area contributed by atoms with Gasteiger partial charge in [-0.05, 0) is 29.9 Å². The third-order valence-corrected chi connectivity index (χ3v) is 3.94. The number of rotatable bonds is 4. The fourth-order valence-electron chi connectivity index (χ4n) is 2.39. The van der Waals surface area contributed by atoms with E-state index in [1.54, 1.807) is 0 Å². The minimum Gasteiger partial charge on any atom is -0.0985 e. The maximum absolute atomic E-state index is 3.63. The molecule has 0 saturated heterocycles. The standard InChI is InChI=1S/C12H16.C8H8/c1-2-5-11(6-3-1)9-10-12-7-4-8-12;1-2-8-6-4-3-5-7-8/h1-3,5-6,12H,4,7-10H2;2-7H,1H2. The smallest absolute Gasteiger partial charge is 0.0263 e. The third kappa shape index (κ3) is 5.05. The van der Waals surface area contributed by atoms with Gasteiger partial charge in [-0.15, -0.1) is 0 Å². The summed E-state index contributed by atoms with van der Waals surface area (Å²) >= 11 is 0. The summed E-state index contributed by atoms with van der Waals surface area (Å²) in [5.74, 6) is 1.05. The first kappa shape index (κ1) is 14.6. The third-order valence-electron chi connectivity index (χ3n) is 3.94. The van der Waals surface area contributed by atoms with E-state index >= 15 is 0 Å². The van der Waals surface area contributed by atoms with Crippen LogP contribution in [0.25, 0.3) is 6.08 Å². The lowest BCUT2D eigenvalue weighted by Gasteiger charge is -2.25. The second-order valence-corrected chi connectivity index (χ2v) is 5.44. The lowest BCUT2D eigenvalue weighted by Crippen LogP contribution is -2.11. The Balaban J connectivity index is 0.000000160. The van der Waals surface area contributed by atoms with E-state index in [9.17, 15) is 0 Å². The SMILES string of the molecule is C=Cc1ccccc1.c1ccc(CCC2CCC2)cc1. The summed E-state index contributed by atoms with van der Waals surface area (Å²) in [6, 6.07) is 20.9. The molecule has 0 heteroatoms. The van der Waals surface area contributed by atoms with Crippen LogP contribution in [0.5, 0.6) is 0 Å². The Kier molecular flexibility index (Phi) is 6.10. The molecule has 0 radical (unpaired) electrons. The van der Waals surface area contributed by atoms with Gasteiger partial charge in [0.2, 0.25) is 0 Å². The molecule has 2 aromatic carbocycles. The predicted molar refractivity (Wildman–Crippen MR) is 88.6 cm³/mol. The highest BCUT2D eigenvalue weighted by molar-refractivity contribution is 5.45. The van der Waals surface area contributed by atoms with E-state index in [0.29, 0.717) is 0 Å². The van der Waals surface area contributed by atoms with Crippen LogP contribution in [-0.2, 0) is 6.42 Å². The van der Waals surface area contributed by atoms with E-state index in [1.807, 2.05) is 36.4 Å². The maximum atomic E-state index is 3.63. The summed E-state index contributed by atoms with van der Waals surface area (Å²) in [7, 11) is 0. The number of hydrogen-bond acceptors (Lipinski definition) is 0. The highest BCUT2D eigenvalue weighted by atomic mass is 14.2. The van der Waals surface area contributed by atoms with Crippen molar-refractivity contribution in [3.63, 3.8) is 0 Å². The van der Waals surface area contributed by atoms with Crippen molar-refractivity contribution in [2.45, 2.75) is 32.1 Å². The van der Waals surface area contributed by atoms with Gasteiger partial charge in [-0.2, -0.15) is 0 Å². The van der Waals surface area contributed by atoms with Gasteiger partial charge in [0.15, 0.2) is 0 Å². The summed E-state index contributed by atoms with van der Waals surface area (Å²) in [6.45, 7) is 3.63. The summed E-state index contributed by atoms with van der Waals surface area (Å²) in [6.07, 6.45) is 8.95. The van der Waals surface area contributed by atoms with Crippen LogP contribution in [0.1, 0.15) is 36.8 Å². The molecule has 3 rings (SSSR count). The highest BCUT2D eigenvalue weighted by Crippen LogP contribution is 2.30. The van der Waals surface area contributed by atoms with E-state index in [0.717, 1.165) is 5.92 Å². The van der Waals surface area contributed by atoms with Crippen molar-refractivity contribution in [1.82, 2.24) is 0 Å². The molecule has 2 aromatic rings. The number of hydrogen-bond donors (Lipinski definition) is 0. The minimum atomic E-state index is 1.05. The molecular weight excluding hydrogens is 240 g/mol. The Bertz CT molecular complexity index is 480. The van der Waals surface area contributed by atoms with Gasteiger partial charge >= 0.3 is 0 Å². The minimum absolute atomic E-state index is 1.05. The molecule has 104 valence electrons. The second-order valence-electron chi connectivity index (χ2n) is 5.44. The van der Waals surface area contributed by atoms with Gasteiger partial charge in [-0.25, -0.2) is 0 Å². The zero-order valence-corrected chi connectivity index (χ0v) is 12.2. The monoisotopic (exact) mass is 264 g/mol. The molecule has 0 amide bonds. The summed E-state index contributed by atoms with van der Waals surface area (Å²) < 4.78 is 0. The fourth-order valence-corrected chi connectivity index (χ4v) is 2.39. The van der Waals surface area contributed by atoms with Crippen LogP contribution in [0.4, 0.5) is 0 Å². The van der Waals surface area contributed by atoms with Crippen molar-refractivity contribution in [2.24, 2.45) is 5.92 Å². The molecule has 0 heterocycles. The molecule has 0 bridgehead atoms. The zero-order valence-electron chi connectivity index (χ0n) is 12.2. The lowest BCUT2D eigenvalue weighted by atomic mass is 9.81. The molecule has 0 aliphatic heterocycles. The van der Waals surface area contributed by atoms with Crippen molar-refractivity contribution in [3.8, 4) is 0 Å². The van der Waals surface area contributed by atoms with Crippen molar-refractivity contribution in [2.75, 3.05) is 0 Å². The Morgan fingerprint density at radius 2 is 1.50 bits per heavy atom. The first-order valence-corrected chi connectivity index (χ1v) is 7.60. The molecule has 1 aliphatic carbocycles. The Morgan fingerprint density at radius 1 is 0.900 bits per heavy atom. The Hall–Kier alpha value is -1.82. The van der Waals surface area contributed by atoms with Gasteiger partial charge < -0.3 is 0 Å². The molecule has 1 saturated carbocycles. The van der Waals surface area contributed by atoms with E-state index in [-0.39, 0.29) is 0 Å². The van der Waals surface area contributed by atoms with Gasteiger partial charge in [0, 0.05) is 0 Å². The molecule has 1 aliphatic rings.